The van der Waals surface area contributed by atoms with Gasteiger partial charge in [0.2, 0.25) is 0 Å². The first-order valence-corrected chi connectivity index (χ1v) is 7.88. The number of hydrogen-bond donors (Lipinski definition) is 1. The molecule has 8 heteroatoms. The highest BCUT2D eigenvalue weighted by Gasteiger charge is 2.35. The molecule has 1 aliphatic heterocycles. The van der Waals surface area contributed by atoms with E-state index < -0.39 is 0 Å². The summed E-state index contributed by atoms with van der Waals surface area (Å²) in [5.74, 6) is -0.0311. The van der Waals surface area contributed by atoms with Gasteiger partial charge < -0.3 is 10.2 Å². The Labute approximate surface area is 140 Å². The van der Waals surface area contributed by atoms with E-state index in [4.69, 9.17) is 17.7 Å². The Morgan fingerprint density at radius 1 is 1.35 bits per heavy atom. The zero-order valence-electron chi connectivity index (χ0n) is 13.3. The molecule has 1 atom stereocenters. The number of carbonyl (C=O) groups is 1. The topological polar surface area (TPSA) is 84.3 Å². The van der Waals surface area contributed by atoms with Gasteiger partial charge in [0.1, 0.15) is 6.04 Å². The Morgan fingerprint density at radius 3 is 2.65 bits per heavy atom. The minimum Gasteiger partial charge on any atom is -0.350 e. The van der Waals surface area contributed by atoms with Gasteiger partial charge in [0.25, 0.3) is 5.91 Å². The highest BCUT2D eigenvalue weighted by Crippen LogP contribution is 2.24. The average Bonchev–Trinajstić information content (AvgIpc) is 2.79. The van der Waals surface area contributed by atoms with Crippen molar-refractivity contribution >= 4 is 34.6 Å². The molecule has 0 bridgehead atoms. The second-order valence-corrected chi connectivity index (χ2v) is 6.07. The Balaban J connectivity index is 1.99. The third-order valence-electron chi connectivity index (χ3n) is 3.64. The summed E-state index contributed by atoms with van der Waals surface area (Å²) in [5.41, 5.74) is 9.60. The van der Waals surface area contributed by atoms with E-state index in [0.29, 0.717) is 16.5 Å². The Morgan fingerprint density at radius 2 is 2.04 bits per heavy atom. The molecule has 0 spiro atoms. The lowest BCUT2D eigenvalue weighted by molar-refractivity contribution is -0.118. The fourth-order valence-electron chi connectivity index (χ4n) is 2.47. The molecule has 1 fully saturated rings. The van der Waals surface area contributed by atoms with Gasteiger partial charge in [-0.25, -0.2) is 0 Å². The molecule has 2 rings (SSSR count). The second kappa shape index (κ2) is 7.92. The van der Waals surface area contributed by atoms with E-state index in [2.05, 4.69) is 20.2 Å². The van der Waals surface area contributed by atoms with Crippen molar-refractivity contribution in [1.82, 2.24) is 10.2 Å². The van der Waals surface area contributed by atoms with E-state index in [1.165, 1.54) is 4.90 Å². The second-order valence-electron chi connectivity index (χ2n) is 5.68. The number of hydrogen-bond acceptors (Lipinski definition) is 4. The Kier molecular flexibility index (Phi) is 5.92. The molecule has 7 nitrogen and oxygen atoms in total. The number of nitrogens with one attached hydrogen (secondary N) is 1. The van der Waals surface area contributed by atoms with Crippen LogP contribution in [-0.4, -0.2) is 42.6 Å². The summed E-state index contributed by atoms with van der Waals surface area (Å²) in [4.78, 5) is 18.9. The molecule has 0 aliphatic carbocycles. The van der Waals surface area contributed by atoms with E-state index in [0.717, 1.165) is 25.8 Å². The van der Waals surface area contributed by atoms with Crippen LogP contribution in [0.15, 0.2) is 29.4 Å². The zero-order valence-corrected chi connectivity index (χ0v) is 14.1. The fourth-order valence-corrected chi connectivity index (χ4v) is 2.81. The molecule has 0 radical (unpaired) electrons. The Hall–Kier alpha value is -2.15. The first-order chi connectivity index (χ1) is 11.0. The number of rotatable bonds is 7. The molecule has 1 aliphatic rings. The number of carbonyl (C=O) groups excluding carboxylic acids is 1. The van der Waals surface area contributed by atoms with Crippen LogP contribution in [0.1, 0.15) is 19.3 Å². The molecule has 0 saturated carbocycles. The lowest BCUT2D eigenvalue weighted by Gasteiger charge is -2.15. The number of anilines is 1. The SMILES string of the molecule is CN(C)CCCCC1NC(=S)N(c2ccc(N=[N+]=[N-])cc2)C1=O. The molecule has 1 aromatic rings. The molecule has 1 N–H and O–H groups in total. The van der Waals surface area contributed by atoms with Crippen LogP contribution in [0.25, 0.3) is 10.4 Å². The average molecular weight is 332 g/mol. The number of thiocarbonyl (C=S) groups is 1. The van der Waals surface area contributed by atoms with Crippen LogP contribution in [0.2, 0.25) is 0 Å². The van der Waals surface area contributed by atoms with Crippen LogP contribution >= 0.6 is 12.2 Å². The first-order valence-electron chi connectivity index (χ1n) is 7.47. The van der Waals surface area contributed by atoms with Gasteiger partial charge in [0.05, 0.1) is 5.69 Å². The van der Waals surface area contributed by atoms with Crippen molar-refractivity contribution in [3.05, 3.63) is 34.7 Å². The van der Waals surface area contributed by atoms with Gasteiger partial charge in [0.15, 0.2) is 5.11 Å². The van der Waals surface area contributed by atoms with E-state index in [-0.39, 0.29) is 11.9 Å². The van der Waals surface area contributed by atoms with Crippen LogP contribution in [0.4, 0.5) is 11.4 Å². The van der Waals surface area contributed by atoms with Crippen molar-refractivity contribution in [3.8, 4) is 0 Å². The van der Waals surface area contributed by atoms with Gasteiger partial charge in [-0.1, -0.05) is 17.2 Å². The monoisotopic (exact) mass is 332 g/mol. The summed E-state index contributed by atoms with van der Waals surface area (Å²) in [5, 5.41) is 7.03. The minimum atomic E-state index is -0.263. The molecule has 1 saturated heterocycles. The summed E-state index contributed by atoms with van der Waals surface area (Å²) < 4.78 is 0. The van der Waals surface area contributed by atoms with Crippen LogP contribution in [-0.2, 0) is 4.79 Å². The predicted molar refractivity (Wildman–Crippen MR) is 94.7 cm³/mol. The number of amides is 1. The summed E-state index contributed by atoms with van der Waals surface area (Å²) in [6.45, 7) is 1.01. The largest absolute Gasteiger partial charge is 0.350 e. The lowest BCUT2D eigenvalue weighted by Crippen LogP contribution is -2.31. The first kappa shape index (κ1) is 17.2. The molecule has 0 aromatic heterocycles. The van der Waals surface area contributed by atoms with E-state index in [1.54, 1.807) is 24.3 Å². The highest BCUT2D eigenvalue weighted by molar-refractivity contribution is 7.80. The third-order valence-corrected chi connectivity index (χ3v) is 3.94. The fraction of sp³-hybridized carbons (Fsp3) is 0.467. The molecule has 23 heavy (non-hydrogen) atoms. The normalized spacial score (nSPS) is 17.3. The van der Waals surface area contributed by atoms with Crippen molar-refractivity contribution in [3.63, 3.8) is 0 Å². The minimum absolute atomic E-state index is 0.0311. The van der Waals surface area contributed by atoms with E-state index in [9.17, 15) is 4.79 Å². The number of nitrogens with zero attached hydrogens (tertiary/aromatic N) is 5. The van der Waals surface area contributed by atoms with Gasteiger partial charge in [-0.3, -0.25) is 9.69 Å². The van der Waals surface area contributed by atoms with E-state index >= 15 is 0 Å². The number of azide groups is 1. The molecular formula is C15H20N6OS. The van der Waals surface area contributed by atoms with Gasteiger partial charge in [-0.2, -0.15) is 0 Å². The predicted octanol–water partition coefficient (Wildman–Crippen LogP) is 2.95. The molecule has 1 amide bonds. The van der Waals surface area contributed by atoms with E-state index in [1.807, 2.05) is 14.1 Å². The maximum absolute atomic E-state index is 12.5. The summed E-state index contributed by atoms with van der Waals surface area (Å²) in [6.07, 6.45) is 2.78. The summed E-state index contributed by atoms with van der Waals surface area (Å²) in [7, 11) is 4.08. The molecule has 1 unspecified atom stereocenters. The summed E-state index contributed by atoms with van der Waals surface area (Å²) >= 11 is 5.28. The zero-order chi connectivity index (χ0) is 16.8. The summed E-state index contributed by atoms with van der Waals surface area (Å²) in [6, 6.07) is 6.51. The quantitative estimate of drug-likeness (QED) is 0.273. The maximum atomic E-state index is 12.5. The van der Waals surface area contributed by atoms with Crippen LogP contribution in [0.3, 0.4) is 0 Å². The molecule has 1 heterocycles. The Bertz CT molecular complexity index is 623. The molecule has 1 aromatic carbocycles. The standard InChI is InChI=1S/C15H20N6OS/c1-20(2)10-4-3-5-13-14(22)21(15(23)17-13)12-8-6-11(7-9-12)18-19-16/h6-9,13H,3-5,10H2,1-2H3,(H,17,23). The van der Waals surface area contributed by atoms with Crippen LogP contribution in [0.5, 0.6) is 0 Å². The van der Waals surface area contributed by atoms with Gasteiger partial charge in [-0.15, -0.1) is 0 Å². The van der Waals surface area contributed by atoms with Gasteiger partial charge in [-0.05, 0) is 69.8 Å². The van der Waals surface area contributed by atoms with Gasteiger partial charge in [0, 0.05) is 10.6 Å². The number of unbranched alkanes of at least 4 members (excludes halogenated alkanes) is 1. The molecular weight excluding hydrogens is 312 g/mol. The van der Waals surface area contributed by atoms with Crippen LogP contribution in [0, 0.1) is 0 Å². The van der Waals surface area contributed by atoms with Crippen molar-refractivity contribution in [2.24, 2.45) is 5.11 Å². The smallest absolute Gasteiger partial charge is 0.255 e. The maximum Gasteiger partial charge on any atom is 0.255 e. The number of benzene rings is 1. The van der Waals surface area contributed by atoms with Crippen molar-refractivity contribution in [2.45, 2.75) is 25.3 Å². The lowest BCUT2D eigenvalue weighted by atomic mass is 10.1. The van der Waals surface area contributed by atoms with Gasteiger partial charge >= 0.3 is 0 Å². The van der Waals surface area contributed by atoms with Crippen molar-refractivity contribution in [1.29, 1.82) is 0 Å². The molecule has 122 valence electrons. The highest BCUT2D eigenvalue weighted by atomic mass is 32.1. The third kappa shape index (κ3) is 4.41. The van der Waals surface area contributed by atoms with Crippen molar-refractivity contribution < 1.29 is 4.79 Å². The van der Waals surface area contributed by atoms with Crippen LogP contribution < -0.4 is 10.2 Å². The van der Waals surface area contributed by atoms with Crippen molar-refractivity contribution in [2.75, 3.05) is 25.5 Å².